The summed E-state index contributed by atoms with van der Waals surface area (Å²) in [6.07, 6.45) is 2.26. The largest absolute Gasteiger partial charge is 0.308 e. The number of benzene rings is 1. The molecule has 3 heterocycles. The van der Waals surface area contributed by atoms with E-state index in [0.717, 1.165) is 23.4 Å². The maximum absolute atomic E-state index is 12.8. The molecule has 0 saturated heterocycles. The Morgan fingerprint density at radius 3 is 2.54 bits per heavy atom. The summed E-state index contributed by atoms with van der Waals surface area (Å²) in [7, 11) is 3.91. The molecule has 0 spiro atoms. The van der Waals surface area contributed by atoms with Gasteiger partial charge in [0.1, 0.15) is 6.33 Å². The Morgan fingerprint density at radius 2 is 1.86 bits per heavy atom. The number of aryl methyl sites for hydroxylation is 1. The fraction of sp³-hybridized carbons (Fsp3) is 0.316. The molecule has 0 aliphatic carbocycles. The second kappa shape index (κ2) is 7.29. The van der Waals surface area contributed by atoms with Crippen LogP contribution in [0.2, 0.25) is 5.02 Å². The van der Waals surface area contributed by atoms with E-state index in [1.807, 2.05) is 50.2 Å². The van der Waals surface area contributed by atoms with Crippen molar-refractivity contribution in [1.29, 1.82) is 0 Å². The number of aromatic nitrogens is 6. The second-order valence-corrected chi connectivity index (χ2v) is 7.27. The van der Waals surface area contributed by atoms with Crippen molar-refractivity contribution in [1.82, 2.24) is 34.3 Å². The van der Waals surface area contributed by atoms with Gasteiger partial charge < -0.3 is 4.90 Å². The highest BCUT2D eigenvalue weighted by atomic mass is 35.5. The van der Waals surface area contributed by atoms with Crippen molar-refractivity contribution < 1.29 is 0 Å². The molecule has 0 fully saturated rings. The summed E-state index contributed by atoms with van der Waals surface area (Å²) < 4.78 is 3.16. The number of fused-ring (bicyclic) bond motifs is 3. The van der Waals surface area contributed by atoms with E-state index >= 15 is 0 Å². The van der Waals surface area contributed by atoms with Crippen LogP contribution in [0.1, 0.15) is 12.6 Å². The summed E-state index contributed by atoms with van der Waals surface area (Å²) in [6, 6.07) is 7.51. The quantitative estimate of drug-likeness (QED) is 0.514. The Kier molecular flexibility index (Phi) is 4.82. The Morgan fingerprint density at radius 1 is 1.11 bits per heavy atom. The fourth-order valence-corrected chi connectivity index (χ4v) is 3.26. The van der Waals surface area contributed by atoms with E-state index in [-0.39, 0.29) is 11.1 Å². The van der Waals surface area contributed by atoms with Crippen LogP contribution in [0.25, 0.3) is 27.9 Å². The van der Waals surface area contributed by atoms with Crippen molar-refractivity contribution in [2.75, 3.05) is 20.6 Å². The van der Waals surface area contributed by atoms with Crippen LogP contribution in [-0.2, 0) is 13.0 Å². The third-order valence-corrected chi connectivity index (χ3v) is 4.88. The zero-order chi connectivity index (χ0) is 19.8. The first kappa shape index (κ1) is 18.5. The molecule has 0 bridgehead atoms. The summed E-state index contributed by atoms with van der Waals surface area (Å²) >= 11 is 6.02. The SMILES string of the molecule is CCc1nn2c(nnc3c(=O)n(CCN(C)C)cnc32)c1-c1ccc(Cl)cc1. The highest BCUT2D eigenvalue weighted by molar-refractivity contribution is 6.30. The summed E-state index contributed by atoms with van der Waals surface area (Å²) in [4.78, 5) is 19.3. The highest BCUT2D eigenvalue weighted by Gasteiger charge is 2.19. The summed E-state index contributed by atoms with van der Waals surface area (Å²) in [5.74, 6) is 0. The number of likely N-dealkylation sites (N-methyl/N-ethyl adjacent to an activating group) is 1. The van der Waals surface area contributed by atoms with Crippen molar-refractivity contribution in [3.05, 3.63) is 51.7 Å². The molecule has 3 aromatic heterocycles. The first-order valence-corrected chi connectivity index (χ1v) is 9.41. The standard InChI is InChI=1S/C19H20ClN7O/c1-4-14-15(12-5-7-13(20)8-6-12)17-23-22-16-18(27(17)24-14)21-11-26(19(16)28)10-9-25(2)3/h5-8,11H,4,9-10H2,1-3H3. The number of hydrogen-bond acceptors (Lipinski definition) is 6. The lowest BCUT2D eigenvalue weighted by molar-refractivity contribution is 0.380. The second-order valence-electron chi connectivity index (χ2n) is 6.84. The predicted molar refractivity (Wildman–Crippen MR) is 109 cm³/mol. The molecule has 0 radical (unpaired) electrons. The summed E-state index contributed by atoms with van der Waals surface area (Å²) in [6.45, 7) is 3.29. The van der Waals surface area contributed by atoms with Gasteiger partial charge in [-0.25, -0.2) is 4.98 Å². The van der Waals surface area contributed by atoms with Crippen molar-refractivity contribution in [3.63, 3.8) is 0 Å². The molecular weight excluding hydrogens is 378 g/mol. The molecule has 0 saturated carbocycles. The van der Waals surface area contributed by atoms with Gasteiger partial charge in [0.2, 0.25) is 0 Å². The molecule has 0 unspecified atom stereocenters. The van der Waals surface area contributed by atoms with Gasteiger partial charge in [0.25, 0.3) is 5.56 Å². The predicted octanol–water partition coefficient (Wildman–Crippen LogP) is 2.28. The van der Waals surface area contributed by atoms with Crippen LogP contribution in [0.5, 0.6) is 0 Å². The van der Waals surface area contributed by atoms with Gasteiger partial charge in [-0.15, -0.1) is 10.2 Å². The molecule has 28 heavy (non-hydrogen) atoms. The van der Waals surface area contributed by atoms with Gasteiger partial charge >= 0.3 is 0 Å². The Bertz CT molecular complexity index is 1210. The number of rotatable bonds is 5. The number of halogens is 1. The van der Waals surface area contributed by atoms with Gasteiger partial charge in [-0.3, -0.25) is 9.36 Å². The summed E-state index contributed by atoms with van der Waals surface area (Å²) in [5.41, 5.74) is 3.67. The van der Waals surface area contributed by atoms with E-state index < -0.39 is 0 Å². The maximum atomic E-state index is 12.8. The molecule has 0 atom stereocenters. The van der Waals surface area contributed by atoms with Crippen molar-refractivity contribution in [2.24, 2.45) is 0 Å². The first-order valence-electron chi connectivity index (χ1n) is 9.03. The molecule has 0 N–H and O–H groups in total. The zero-order valence-corrected chi connectivity index (χ0v) is 16.7. The summed E-state index contributed by atoms with van der Waals surface area (Å²) in [5, 5.41) is 13.9. The minimum atomic E-state index is -0.220. The molecule has 1 aromatic carbocycles. The minimum Gasteiger partial charge on any atom is -0.308 e. The number of hydrogen-bond donors (Lipinski definition) is 0. The molecule has 0 amide bonds. The molecule has 144 valence electrons. The van der Waals surface area contributed by atoms with Crippen LogP contribution >= 0.6 is 11.6 Å². The molecule has 8 nitrogen and oxygen atoms in total. The van der Waals surface area contributed by atoms with E-state index in [2.05, 4.69) is 20.3 Å². The topological polar surface area (TPSA) is 81.2 Å². The van der Waals surface area contributed by atoms with Crippen LogP contribution in [0.4, 0.5) is 0 Å². The third kappa shape index (κ3) is 3.14. The van der Waals surface area contributed by atoms with E-state index in [1.165, 1.54) is 0 Å². The van der Waals surface area contributed by atoms with Crippen molar-refractivity contribution in [3.8, 4) is 11.1 Å². The van der Waals surface area contributed by atoms with E-state index in [0.29, 0.717) is 29.3 Å². The van der Waals surface area contributed by atoms with Gasteiger partial charge in [-0.05, 0) is 38.2 Å². The molecule has 0 aliphatic rings. The molecule has 0 aliphatic heterocycles. The lowest BCUT2D eigenvalue weighted by atomic mass is 10.0. The van der Waals surface area contributed by atoms with Crippen molar-refractivity contribution >= 4 is 28.4 Å². The van der Waals surface area contributed by atoms with Gasteiger partial charge in [0, 0.05) is 18.1 Å². The zero-order valence-electron chi connectivity index (χ0n) is 15.9. The molecular formula is C19H20ClN7O. The third-order valence-electron chi connectivity index (χ3n) is 4.63. The molecule has 4 aromatic rings. The van der Waals surface area contributed by atoms with Crippen LogP contribution in [-0.4, -0.2) is 54.9 Å². The lowest BCUT2D eigenvalue weighted by Crippen LogP contribution is -2.28. The van der Waals surface area contributed by atoms with Crippen LogP contribution in [0.3, 0.4) is 0 Å². The maximum Gasteiger partial charge on any atom is 0.283 e. The van der Waals surface area contributed by atoms with Crippen LogP contribution in [0, 0.1) is 0 Å². The fourth-order valence-electron chi connectivity index (χ4n) is 3.13. The molecule has 4 rings (SSSR count). The average molecular weight is 398 g/mol. The van der Waals surface area contributed by atoms with E-state index in [4.69, 9.17) is 11.6 Å². The normalized spacial score (nSPS) is 11.8. The smallest absolute Gasteiger partial charge is 0.283 e. The van der Waals surface area contributed by atoms with Crippen LogP contribution < -0.4 is 5.56 Å². The Balaban J connectivity index is 1.92. The van der Waals surface area contributed by atoms with Gasteiger partial charge in [0.15, 0.2) is 16.8 Å². The lowest BCUT2D eigenvalue weighted by Gasteiger charge is -2.11. The van der Waals surface area contributed by atoms with Gasteiger partial charge in [-0.2, -0.15) is 9.61 Å². The average Bonchev–Trinajstić information content (AvgIpc) is 3.07. The Hall–Kier alpha value is -2.84. The van der Waals surface area contributed by atoms with Crippen LogP contribution in [0.15, 0.2) is 35.4 Å². The Labute approximate surface area is 166 Å². The number of nitrogens with zero attached hydrogens (tertiary/aromatic N) is 7. The monoisotopic (exact) mass is 397 g/mol. The van der Waals surface area contributed by atoms with E-state index in [1.54, 1.807) is 15.4 Å². The highest BCUT2D eigenvalue weighted by Crippen LogP contribution is 2.29. The van der Waals surface area contributed by atoms with Crippen molar-refractivity contribution in [2.45, 2.75) is 19.9 Å². The van der Waals surface area contributed by atoms with Gasteiger partial charge in [0.05, 0.1) is 11.3 Å². The molecule has 9 heteroatoms. The van der Waals surface area contributed by atoms with Gasteiger partial charge in [-0.1, -0.05) is 30.7 Å². The van der Waals surface area contributed by atoms with E-state index in [9.17, 15) is 4.79 Å². The first-order chi connectivity index (χ1) is 13.5. The minimum absolute atomic E-state index is 0.210.